The number of hydrogen-bond donors (Lipinski definition) is 2. The molecule has 1 heterocycles. The first-order valence-corrected chi connectivity index (χ1v) is 7.36. The maximum absolute atomic E-state index is 11.8. The average Bonchev–Trinajstić information content (AvgIpc) is 2.97. The summed E-state index contributed by atoms with van der Waals surface area (Å²) in [5.74, 6) is -0.808. The van der Waals surface area contributed by atoms with Crippen LogP contribution in [0.4, 0.5) is 0 Å². The predicted octanol–water partition coefficient (Wildman–Crippen LogP) is 0.481. The number of carbonyl (C=O) groups excluding carboxylic acids is 1. The lowest BCUT2D eigenvalue weighted by Gasteiger charge is -2.17. The van der Waals surface area contributed by atoms with Crippen LogP contribution >= 0.6 is 0 Å². The van der Waals surface area contributed by atoms with Crippen molar-refractivity contribution in [2.45, 2.75) is 19.9 Å². The van der Waals surface area contributed by atoms with E-state index >= 15 is 0 Å². The molecular formula is C15H19N5O4. The summed E-state index contributed by atoms with van der Waals surface area (Å²) >= 11 is 0. The smallest absolute Gasteiger partial charge is 0.326 e. The van der Waals surface area contributed by atoms with Crippen LogP contribution in [-0.2, 0) is 16.6 Å². The highest BCUT2D eigenvalue weighted by molar-refractivity contribution is 5.84. The fourth-order valence-corrected chi connectivity index (χ4v) is 1.98. The van der Waals surface area contributed by atoms with Crippen molar-refractivity contribution in [3.63, 3.8) is 0 Å². The highest BCUT2D eigenvalue weighted by Crippen LogP contribution is 2.18. The van der Waals surface area contributed by atoms with E-state index in [0.29, 0.717) is 11.6 Å². The highest BCUT2D eigenvalue weighted by atomic mass is 16.5. The van der Waals surface area contributed by atoms with Gasteiger partial charge < -0.3 is 15.2 Å². The van der Waals surface area contributed by atoms with Crippen LogP contribution in [-0.4, -0.2) is 49.8 Å². The zero-order valence-electron chi connectivity index (χ0n) is 13.6. The third kappa shape index (κ3) is 4.51. The summed E-state index contributed by atoms with van der Waals surface area (Å²) in [6.45, 7) is 3.18. The molecule has 1 atom stereocenters. The molecule has 0 unspecified atom stereocenters. The molecule has 0 saturated carbocycles. The van der Waals surface area contributed by atoms with E-state index in [1.807, 2.05) is 0 Å². The minimum absolute atomic E-state index is 0.217. The molecule has 1 aromatic heterocycles. The molecule has 0 saturated heterocycles. The molecule has 0 spiro atoms. The number of nitrogens with one attached hydrogen (secondary N) is 1. The average molecular weight is 333 g/mol. The number of ether oxygens (including phenoxy) is 1. The molecule has 0 aliphatic carbocycles. The van der Waals surface area contributed by atoms with Crippen molar-refractivity contribution in [2.75, 3.05) is 6.61 Å². The van der Waals surface area contributed by atoms with E-state index in [9.17, 15) is 9.59 Å². The first kappa shape index (κ1) is 17.4. The Bertz CT molecular complexity index is 711. The molecule has 0 aliphatic rings. The van der Waals surface area contributed by atoms with Crippen molar-refractivity contribution >= 4 is 11.9 Å². The molecule has 128 valence electrons. The topological polar surface area (TPSA) is 119 Å². The zero-order chi connectivity index (χ0) is 17.7. The van der Waals surface area contributed by atoms with E-state index in [0.717, 1.165) is 5.56 Å². The van der Waals surface area contributed by atoms with Crippen molar-refractivity contribution < 1.29 is 19.4 Å². The van der Waals surface area contributed by atoms with Gasteiger partial charge >= 0.3 is 5.97 Å². The molecule has 2 rings (SSSR count). The number of benzene rings is 1. The fourth-order valence-electron chi connectivity index (χ4n) is 1.98. The van der Waals surface area contributed by atoms with Gasteiger partial charge in [-0.3, -0.25) is 4.79 Å². The number of amides is 1. The monoisotopic (exact) mass is 333 g/mol. The Morgan fingerprint density at radius 3 is 2.46 bits per heavy atom. The van der Waals surface area contributed by atoms with E-state index in [4.69, 9.17) is 9.84 Å². The van der Waals surface area contributed by atoms with E-state index in [-0.39, 0.29) is 12.5 Å². The third-order valence-corrected chi connectivity index (χ3v) is 3.24. The zero-order valence-corrected chi connectivity index (χ0v) is 13.6. The number of carboxylic acid groups (broad SMARTS) is 1. The van der Waals surface area contributed by atoms with Crippen LogP contribution in [0.1, 0.15) is 13.8 Å². The molecule has 0 fully saturated rings. The SMILES string of the molecule is CC(C)[C@H](NC(=O)COc1ccc(-c2nnn(C)n2)cc1)C(=O)O. The van der Waals surface area contributed by atoms with Crippen LogP contribution in [0.15, 0.2) is 24.3 Å². The van der Waals surface area contributed by atoms with Gasteiger partial charge in [-0.2, -0.15) is 4.80 Å². The lowest BCUT2D eigenvalue weighted by Crippen LogP contribution is -2.46. The first-order chi connectivity index (χ1) is 11.4. The first-order valence-electron chi connectivity index (χ1n) is 7.36. The van der Waals surface area contributed by atoms with Crippen molar-refractivity contribution in [1.82, 2.24) is 25.5 Å². The van der Waals surface area contributed by atoms with Gasteiger partial charge in [0.2, 0.25) is 5.82 Å². The second-order valence-electron chi connectivity index (χ2n) is 5.54. The van der Waals surface area contributed by atoms with Gasteiger partial charge in [0, 0.05) is 5.56 Å². The number of aromatic nitrogens is 4. The van der Waals surface area contributed by atoms with E-state index in [1.165, 1.54) is 4.80 Å². The molecule has 2 aromatic rings. The maximum Gasteiger partial charge on any atom is 0.326 e. The highest BCUT2D eigenvalue weighted by Gasteiger charge is 2.23. The summed E-state index contributed by atoms with van der Waals surface area (Å²) in [5.41, 5.74) is 0.769. The van der Waals surface area contributed by atoms with Crippen molar-refractivity contribution in [3.8, 4) is 17.1 Å². The van der Waals surface area contributed by atoms with Crippen LogP contribution < -0.4 is 10.1 Å². The van der Waals surface area contributed by atoms with E-state index < -0.39 is 17.9 Å². The standard InChI is InChI=1S/C15H19N5O4/c1-9(2)13(15(22)23)16-12(21)8-24-11-6-4-10(5-7-11)14-17-19-20(3)18-14/h4-7,9,13H,8H2,1-3H3,(H,16,21)(H,22,23)/t13-/m0/s1. The Morgan fingerprint density at radius 1 is 1.29 bits per heavy atom. The number of tetrazole rings is 1. The summed E-state index contributed by atoms with van der Waals surface area (Å²) < 4.78 is 5.36. The summed E-state index contributed by atoms with van der Waals surface area (Å²) in [7, 11) is 1.67. The lowest BCUT2D eigenvalue weighted by molar-refractivity contribution is -0.143. The van der Waals surface area contributed by atoms with E-state index in [1.54, 1.807) is 45.2 Å². The predicted molar refractivity (Wildman–Crippen MR) is 84.1 cm³/mol. The second-order valence-corrected chi connectivity index (χ2v) is 5.54. The summed E-state index contributed by atoms with van der Waals surface area (Å²) in [5, 5.41) is 23.2. The van der Waals surface area contributed by atoms with Crippen LogP contribution in [0.3, 0.4) is 0 Å². The van der Waals surface area contributed by atoms with Gasteiger partial charge in [0.05, 0.1) is 7.05 Å². The second kappa shape index (κ2) is 7.53. The Morgan fingerprint density at radius 2 is 1.96 bits per heavy atom. The minimum atomic E-state index is -1.07. The van der Waals surface area contributed by atoms with Crippen molar-refractivity contribution in [1.29, 1.82) is 0 Å². The maximum atomic E-state index is 11.8. The molecule has 9 heteroatoms. The number of rotatable bonds is 7. The van der Waals surface area contributed by atoms with Gasteiger partial charge in [-0.15, -0.1) is 10.2 Å². The van der Waals surface area contributed by atoms with Gasteiger partial charge in [0.15, 0.2) is 6.61 Å². The van der Waals surface area contributed by atoms with Crippen LogP contribution in [0, 0.1) is 5.92 Å². The largest absolute Gasteiger partial charge is 0.484 e. The van der Waals surface area contributed by atoms with Crippen LogP contribution in [0.5, 0.6) is 5.75 Å². The van der Waals surface area contributed by atoms with Gasteiger partial charge in [0.25, 0.3) is 5.91 Å². The number of aliphatic carboxylic acids is 1. The van der Waals surface area contributed by atoms with Gasteiger partial charge in [-0.05, 0) is 35.4 Å². The molecular weight excluding hydrogens is 314 g/mol. The van der Waals surface area contributed by atoms with Crippen molar-refractivity contribution in [2.24, 2.45) is 13.0 Å². The van der Waals surface area contributed by atoms with Gasteiger partial charge in [-0.25, -0.2) is 4.79 Å². The number of hydrogen-bond acceptors (Lipinski definition) is 6. The number of carbonyl (C=O) groups is 2. The normalized spacial score (nSPS) is 12.0. The molecule has 0 bridgehead atoms. The van der Waals surface area contributed by atoms with Gasteiger partial charge in [-0.1, -0.05) is 13.8 Å². The number of aryl methyl sites for hydroxylation is 1. The third-order valence-electron chi connectivity index (χ3n) is 3.24. The molecule has 1 amide bonds. The Hall–Kier alpha value is -2.97. The number of carboxylic acids is 1. The summed E-state index contributed by atoms with van der Waals surface area (Å²) in [4.78, 5) is 24.2. The Labute approximate surface area is 138 Å². The molecule has 9 nitrogen and oxygen atoms in total. The van der Waals surface area contributed by atoms with Crippen LogP contribution in [0.2, 0.25) is 0 Å². The van der Waals surface area contributed by atoms with Crippen LogP contribution in [0.25, 0.3) is 11.4 Å². The van der Waals surface area contributed by atoms with E-state index in [2.05, 4.69) is 20.7 Å². The fraction of sp³-hybridized carbons (Fsp3) is 0.400. The Kier molecular flexibility index (Phi) is 5.46. The van der Waals surface area contributed by atoms with Gasteiger partial charge in [0.1, 0.15) is 11.8 Å². The minimum Gasteiger partial charge on any atom is -0.484 e. The summed E-state index contributed by atoms with van der Waals surface area (Å²) in [6.07, 6.45) is 0. The summed E-state index contributed by atoms with van der Waals surface area (Å²) in [6, 6.07) is 5.91. The molecule has 0 aliphatic heterocycles. The molecule has 0 radical (unpaired) electrons. The Balaban J connectivity index is 1.90. The quantitative estimate of drug-likeness (QED) is 0.756. The van der Waals surface area contributed by atoms with Crippen molar-refractivity contribution in [3.05, 3.63) is 24.3 Å². The number of nitrogens with zero attached hydrogens (tertiary/aromatic N) is 4. The molecule has 1 aromatic carbocycles. The lowest BCUT2D eigenvalue weighted by atomic mass is 10.1. The molecule has 2 N–H and O–H groups in total. The molecule has 24 heavy (non-hydrogen) atoms.